The molecule has 0 saturated carbocycles. The Morgan fingerprint density at radius 2 is 1.71 bits per heavy atom. The van der Waals surface area contributed by atoms with Crippen molar-refractivity contribution in [1.29, 1.82) is 0 Å². The summed E-state index contributed by atoms with van der Waals surface area (Å²) in [7, 11) is 0. The highest BCUT2D eigenvalue weighted by Crippen LogP contribution is 2.24. The first-order valence-corrected chi connectivity index (χ1v) is 9.04. The van der Waals surface area contributed by atoms with E-state index >= 15 is 0 Å². The average Bonchev–Trinajstić information content (AvgIpc) is 2.67. The predicted octanol–water partition coefficient (Wildman–Crippen LogP) is 4.52. The molecular weight excluding hydrogens is 378 g/mol. The molecule has 0 aliphatic rings. The minimum absolute atomic E-state index is 0.182. The van der Waals surface area contributed by atoms with Crippen molar-refractivity contribution in [3.8, 4) is 5.75 Å². The molecule has 2 amide bonds. The summed E-state index contributed by atoms with van der Waals surface area (Å²) in [6, 6.07) is 13.8. The van der Waals surface area contributed by atoms with Crippen LogP contribution in [0.1, 0.15) is 16.7 Å². The Morgan fingerprint density at radius 3 is 2.43 bits per heavy atom. The number of aromatic nitrogens is 1. The Hall–Kier alpha value is -3.25. The first kappa shape index (κ1) is 19.5. The van der Waals surface area contributed by atoms with Crippen molar-refractivity contribution >= 4 is 29.0 Å². The van der Waals surface area contributed by atoms with E-state index in [-0.39, 0.29) is 18.0 Å². The number of hydrogen-bond acceptors (Lipinski definition) is 3. The second-order valence-corrected chi connectivity index (χ2v) is 6.86. The number of aryl methyl sites for hydroxylation is 2. The highest BCUT2D eigenvalue weighted by molar-refractivity contribution is 6.31. The second kappa shape index (κ2) is 8.19. The Kier molecular flexibility index (Phi) is 5.70. The van der Waals surface area contributed by atoms with Gasteiger partial charge in [0.25, 0.3) is 5.56 Å². The molecule has 7 heteroatoms. The van der Waals surface area contributed by atoms with Crippen molar-refractivity contribution in [2.45, 2.75) is 20.4 Å². The van der Waals surface area contributed by atoms with Gasteiger partial charge in [-0.2, -0.15) is 0 Å². The van der Waals surface area contributed by atoms with E-state index in [4.69, 9.17) is 11.6 Å². The number of nitrogens with one attached hydrogen (secondary N) is 2. The Bertz CT molecular complexity index is 1090. The molecular formula is C21H20ClN3O3. The monoisotopic (exact) mass is 397 g/mol. The minimum Gasteiger partial charge on any atom is -0.505 e. The number of para-hydroxylation sites is 1. The van der Waals surface area contributed by atoms with Crippen molar-refractivity contribution in [2.75, 3.05) is 10.6 Å². The second-order valence-electron chi connectivity index (χ2n) is 6.45. The number of nitrogens with zero attached hydrogens (tertiary/aromatic N) is 1. The molecule has 0 fully saturated rings. The summed E-state index contributed by atoms with van der Waals surface area (Å²) in [4.78, 5) is 25.2. The van der Waals surface area contributed by atoms with Gasteiger partial charge in [-0.3, -0.25) is 10.1 Å². The molecule has 0 saturated heterocycles. The number of anilines is 2. The number of aromatic hydroxyl groups is 1. The SMILES string of the molecule is Cc1ccccc1NC(=O)Nc1c(O)c(C)cn(Cc2ccccc2Cl)c1=O. The quantitative estimate of drug-likeness (QED) is 0.605. The van der Waals surface area contributed by atoms with Gasteiger partial charge in [-0.25, -0.2) is 4.79 Å². The van der Waals surface area contributed by atoms with E-state index in [2.05, 4.69) is 10.6 Å². The topological polar surface area (TPSA) is 83.4 Å². The predicted molar refractivity (Wildman–Crippen MR) is 111 cm³/mol. The Balaban J connectivity index is 1.89. The fourth-order valence-electron chi connectivity index (χ4n) is 2.82. The van der Waals surface area contributed by atoms with Crippen LogP contribution >= 0.6 is 11.6 Å². The first-order valence-electron chi connectivity index (χ1n) is 8.67. The lowest BCUT2D eigenvalue weighted by Crippen LogP contribution is -2.29. The van der Waals surface area contributed by atoms with Crippen molar-refractivity contribution in [1.82, 2.24) is 4.57 Å². The van der Waals surface area contributed by atoms with E-state index in [0.717, 1.165) is 11.1 Å². The van der Waals surface area contributed by atoms with Crippen LogP contribution in [0.15, 0.2) is 59.5 Å². The molecule has 0 atom stereocenters. The smallest absolute Gasteiger partial charge is 0.323 e. The summed E-state index contributed by atoms with van der Waals surface area (Å²) in [6.45, 7) is 3.73. The van der Waals surface area contributed by atoms with Gasteiger partial charge in [0, 0.05) is 22.5 Å². The maximum Gasteiger partial charge on any atom is 0.323 e. The van der Waals surface area contributed by atoms with Crippen LogP contribution in [0.25, 0.3) is 0 Å². The van der Waals surface area contributed by atoms with Crippen LogP contribution < -0.4 is 16.2 Å². The Morgan fingerprint density at radius 1 is 1.04 bits per heavy atom. The van der Waals surface area contributed by atoms with E-state index in [9.17, 15) is 14.7 Å². The molecule has 144 valence electrons. The van der Waals surface area contributed by atoms with Crippen LogP contribution in [-0.2, 0) is 6.54 Å². The zero-order valence-corrected chi connectivity index (χ0v) is 16.2. The lowest BCUT2D eigenvalue weighted by molar-refractivity contribution is 0.262. The van der Waals surface area contributed by atoms with E-state index in [1.54, 1.807) is 31.2 Å². The van der Waals surface area contributed by atoms with Crippen molar-refractivity contribution in [3.63, 3.8) is 0 Å². The normalized spacial score (nSPS) is 10.5. The van der Waals surface area contributed by atoms with Crippen LogP contribution in [0.5, 0.6) is 5.75 Å². The highest BCUT2D eigenvalue weighted by Gasteiger charge is 2.16. The number of rotatable bonds is 4. The van der Waals surface area contributed by atoms with Crippen LogP contribution in [-0.4, -0.2) is 15.7 Å². The largest absolute Gasteiger partial charge is 0.505 e. The number of benzene rings is 2. The van der Waals surface area contributed by atoms with Gasteiger partial charge >= 0.3 is 6.03 Å². The highest BCUT2D eigenvalue weighted by atomic mass is 35.5. The number of carbonyl (C=O) groups excluding carboxylic acids is 1. The van der Waals surface area contributed by atoms with E-state index in [1.807, 2.05) is 31.2 Å². The maximum atomic E-state index is 12.8. The summed E-state index contributed by atoms with van der Waals surface area (Å²) in [5, 5.41) is 16.0. The van der Waals surface area contributed by atoms with Gasteiger partial charge in [0.1, 0.15) is 5.75 Å². The van der Waals surface area contributed by atoms with E-state index in [0.29, 0.717) is 16.3 Å². The van der Waals surface area contributed by atoms with Gasteiger partial charge in [-0.05, 0) is 37.1 Å². The summed E-state index contributed by atoms with van der Waals surface area (Å²) in [6.07, 6.45) is 1.53. The molecule has 0 radical (unpaired) electrons. The van der Waals surface area contributed by atoms with E-state index < -0.39 is 11.6 Å². The van der Waals surface area contributed by atoms with Crippen LogP contribution in [0.3, 0.4) is 0 Å². The molecule has 0 bridgehead atoms. The molecule has 2 aromatic carbocycles. The molecule has 3 N–H and O–H groups in total. The number of urea groups is 1. The van der Waals surface area contributed by atoms with Gasteiger partial charge in [0.05, 0.1) is 6.54 Å². The summed E-state index contributed by atoms with van der Waals surface area (Å²) in [5.74, 6) is -0.264. The van der Waals surface area contributed by atoms with E-state index in [1.165, 1.54) is 10.8 Å². The number of pyridine rings is 1. The van der Waals surface area contributed by atoms with Crippen molar-refractivity contribution in [3.05, 3.63) is 86.8 Å². The molecule has 6 nitrogen and oxygen atoms in total. The number of hydrogen-bond donors (Lipinski definition) is 3. The zero-order chi connectivity index (χ0) is 20.3. The average molecular weight is 398 g/mol. The standard InChI is InChI=1S/C21H20ClN3O3/c1-13-7-3-6-10-17(13)23-21(28)24-18-19(26)14(2)11-25(20(18)27)12-15-8-4-5-9-16(15)22/h3-11,26H,12H2,1-2H3,(H2,23,24,28). The maximum absolute atomic E-state index is 12.8. The van der Waals surface area contributed by atoms with Gasteiger partial charge < -0.3 is 15.0 Å². The van der Waals surface area contributed by atoms with Crippen molar-refractivity contribution < 1.29 is 9.90 Å². The van der Waals surface area contributed by atoms with Gasteiger partial charge in [-0.15, -0.1) is 0 Å². The summed E-state index contributed by atoms with van der Waals surface area (Å²) < 4.78 is 1.40. The van der Waals surface area contributed by atoms with Gasteiger partial charge in [0.15, 0.2) is 5.69 Å². The molecule has 0 spiro atoms. The third-order valence-corrected chi connectivity index (χ3v) is 4.73. The zero-order valence-electron chi connectivity index (χ0n) is 15.5. The van der Waals surface area contributed by atoms with Crippen LogP contribution in [0.2, 0.25) is 5.02 Å². The molecule has 0 aliphatic carbocycles. The van der Waals surface area contributed by atoms with Crippen molar-refractivity contribution in [2.24, 2.45) is 0 Å². The van der Waals surface area contributed by atoms with Crippen LogP contribution in [0.4, 0.5) is 16.2 Å². The molecule has 3 rings (SSSR count). The third kappa shape index (κ3) is 4.18. The lowest BCUT2D eigenvalue weighted by atomic mass is 10.2. The molecule has 0 unspecified atom stereocenters. The third-order valence-electron chi connectivity index (χ3n) is 4.36. The Labute approximate surface area is 167 Å². The minimum atomic E-state index is -0.614. The number of amides is 2. The summed E-state index contributed by atoms with van der Waals surface area (Å²) in [5.41, 5.74) is 2.00. The van der Waals surface area contributed by atoms with Gasteiger partial charge in [-0.1, -0.05) is 48.0 Å². The van der Waals surface area contributed by atoms with Crippen LogP contribution in [0, 0.1) is 13.8 Å². The summed E-state index contributed by atoms with van der Waals surface area (Å²) >= 11 is 6.18. The number of halogens is 1. The molecule has 1 aromatic heterocycles. The molecule has 28 heavy (non-hydrogen) atoms. The fourth-order valence-corrected chi connectivity index (χ4v) is 3.01. The van der Waals surface area contributed by atoms with Gasteiger partial charge in [0.2, 0.25) is 0 Å². The molecule has 3 aromatic rings. The number of carbonyl (C=O) groups is 1. The lowest BCUT2D eigenvalue weighted by Gasteiger charge is -2.15. The first-order chi connectivity index (χ1) is 13.4. The molecule has 1 heterocycles. The molecule has 0 aliphatic heterocycles. The fraction of sp³-hybridized carbons (Fsp3) is 0.143.